The quantitative estimate of drug-likeness (QED) is 0.933. The minimum Gasteiger partial charge on any atom is -0.374 e. The topological polar surface area (TPSA) is 38.5 Å². The Kier molecular flexibility index (Phi) is 4.91. The summed E-state index contributed by atoms with van der Waals surface area (Å²) in [6.45, 7) is 5.92. The van der Waals surface area contributed by atoms with E-state index in [-0.39, 0.29) is 5.56 Å². The third-order valence-electron chi connectivity index (χ3n) is 3.88. The normalized spacial score (nSPS) is 22.5. The molecule has 3 nitrogen and oxygen atoms in total. The zero-order valence-corrected chi connectivity index (χ0v) is 12.2. The first-order chi connectivity index (χ1) is 9.80. The van der Waals surface area contributed by atoms with E-state index in [0.717, 1.165) is 12.6 Å². The molecular weight excluding hydrogens is 281 g/mol. The lowest BCUT2D eigenvalue weighted by Crippen LogP contribution is -2.49. The van der Waals surface area contributed by atoms with Crippen LogP contribution in [0.1, 0.15) is 31.0 Å². The molecule has 1 heterocycles. The van der Waals surface area contributed by atoms with Gasteiger partial charge >= 0.3 is 6.18 Å². The third kappa shape index (κ3) is 3.75. The van der Waals surface area contributed by atoms with Crippen LogP contribution >= 0.6 is 0 Å². The molecule has 2 N–H and O–H groups in total. The lowest BCUT2D eigenvalue weighted by atomic mass is 9.95. The first kappa shape index (κ1) is 16.3. The van der Waals surface area contributed by atoms with Gasteiger partial charge in [0.05, 0.1) is 24.3 Å². The van der Waals surface area contributed by atoms with Gasteiger partial charge < -0.3 is 10.5 Å². The molecule has 0 saturated carbocycles. The standard InChI is InChI=1S/C15H21F3N2O/c1-10(2)20-7-8-21-13(9-20)14(19)11-5-3-4-6-12(11)15(16,17)18/h3-6,10,13-14H,7-9,19H2,1-2H3. The van der Waals surface area contributed by atoms with Gasteiger partial charge in [-0.1, -0.05) is 18.2 Å². The molecule has 118 valence electrons. The molecule has 1 aromatic rings. The summed E-state index contributed by atoms with van der Waals surface area (Å²) >= 11 is 0. The second kappa shape index (κ2) is 6.34. The van der Waals surface area contributed by atoms with Crippen molar-refractivity contribution >= 4 is 0 Å². The van der Waals surface area contributed by atoms with E-state index in [9.17, 15) is 13.2 Å². The number of hydrogen-bond donors (Lipinski definition) is 1. The number of hydrogen-bond acceptors (Lipinski definition) is 3. The maximum Gasteiger partial charge on any atom is 0.416 e. The smallest absolute Gasteiger partial charge is 0.374 e. The highest BCUT2D eigenvalue weighted by Crippen LogP contribution is 2.35. The van der Waals surface area contributed by atoms with Crippen LogP contribution in [0.2, 0.25) is 0 Å². The zero-order valence-electron chi connectivity index (χ0n) is 12.2. The molecule has 1 saturated heterocycles. The summed E-state index contributed by atoms with van der Waals surface area (Å²) in [7, 11) is 0. The van der Waals surface area contributed by atoms with Crippen molar-refractivity contribution in [3.8, 4) is 0 Å². The molecule has 1 aromatic carbocycles. The van der Waals surface area contributed by atoms with E-state index >= 15 is 0 Å². The van der Waals surface area contributed by atoms with Gasteiger partial charge in [-0.2, -0.15) is 13.2 Å². The Hall–Kier alpha value is -1.11. The van der Waals surface area contributed by atoms with Crippen LogP contribution in [0.3, 0.4) is 0 Å². The molecule has 0 spiro atoms. The molecule has 2 rings (SSSR count). The van der Waals surface area contributed by atoms with Crippen LogP contribution in [-0.4, -0.2) is 36.7 Å². The summed E-state index contributed by atoms with van der Waals surface area (Å²) in [6.07, 6.45) is -4.83. The molecule has 0 aromatic heterocycles. The zero-order chi connectivity index (χ0) is 15.6. The van der Waals surface area contributed by atoms with Crippen molar-refractivity contribution in [1.29, 1.82) is 0 Å². The molecule has 1 aliphatic rings. The molecule has 0 amide bonds. The molecule has 1 aliphatic heterocycles. The van der Waals surface area contributed by atoms with Crippen LogP contribution in [0.4, 0.5) is 13.2 Å². The van der Waals surface area contributed by atoms with Crippen molar-refractivity contribution in [2.24, 2.45) is 5.73 Å². The summed E-state index contributed by atoms with van der Waals surface area (Å²) in [5, 5.41) is 0. The molecule has 0 radical (unpaired) electrons. The Bertz CT molecular complexity index is 476. The van der Waals surface area contributed by atoms with Gasteiger partial charge in [0.2, 0.25) is 0 Å². The highest BCUT2D eigenvalue weighted by atomic mass is 19.4. The van der Waals surface area contributed by atoms with E-state index in [0.29, 0.717) is 19.2 Å². The number of benzene rings is 1. The van der Waals surface area contributed by atoms with Crippen molar-refractivity contribution in [1.82, 2.24) is 4.90 Å². The Morgan fingerprint density at radius 2 is 1.95 bits per heavy atom. The highest BCUT2D eigenvalue weighted by Gasteiger charge is 2.37. The van der Waals surface area contributed by atoms with E-state index in [1.807, 2.05) is 0 Å². The predicted molar refractivity (Wildman–Crippen MR) is 74.8 cm³/mol. The fourth-order valence-electron chi connectivity index (χ4n) is 2.63. The van der Waals surface area contributed by atoms with Crippen LogP contribution in [0.5, 0.6) is 0 Å². The third-order valence-corrected chi connectivity index (χ3v) is 3.88. The van der Waals surface area contributed by atoms with E-state index in [1.54, 1.807) is 6.07 Å². The van der Waals surface area contributed by atoms with Crippen LogP contribution < -0.4 is 5.73 Å². The summed E-state index contributed by atoms with van der Waals surface area (Å²) in [4.78, 5) is 2.17. The predicted octanol–water partition coefficient (Wildman–Crippen LogP) is 2.81. The fourth-order valence-corrected chi connectivity index (χ4v) is 2.63. The maximum absolute atomic E-state index is 13.1. The molecule has 1 fully saturated rings. The van der Waals surface area contributed by atoms with E-state index in [4.69, 9.17) is 10.5 Å². The largest absolute Gasteiger partial charge is 0.416 e. The number of morpholine rings is 1. The van der Waals surface area contributed by atoms with E-state index in [2.05, 4.69) is 18.7 Å². The van der Waals surface area contributed by atoms with Crippen molar-refractivity contribution in [3.63, 3.8) is 0 Å². The minimum atomic E-state index is -4.40. The number of nitrogens with zero attached hydrogens (tertiary/aromatic N) is 1. The number of ether oxygens (including phenoxy) is 1. The first-order valence-corrected chi connectivity index (χ1v) is 7.08. The van der Waals surface area contributed by atoms with Crippen molar-refractivity contribution in [2.45, 2.75) is 38.2 Å². The summed E-state index contributed by atoms with van der Waals surface area (Å²) in [5.74, 6) is 0. The van der Waals surface area contributed by atoms with Crippen LogP contribution in [0.25, 0.3) is 0 Å². The Balaban J connectivity index is 2.22. The van der Waals surface area contributed by atoms with Crippen LogP contribution in [0, 0.1) is 0 Å². The number of alkyl halides is 3. The second-order valence-corrected chi connectivity index (χ2v) is 5.61. The molecular formula is C15H21F3N2O. The fraction of sp³-hybridized carbons (Fsp3) is 0.600. The van der Waals surface area contributed by atoms with Crippen LogP contribution in [-0.2, 0) is 10.9 Å². The van der Waals surface area contributed by atoms with Gasteiger partial charge in [-0.25, -0.2) is 0 Å². The van der Waals surface area contributed by atoms with Gasteiger partial charge in [0.25, 0.3) is 0 Å². The van der Waals surface area contributed by atoms with Crippen LogP contribution in [0.15, 0.2) is 24.3 Å². The monoisotopic (exact) mass is 302 g/mol. The summed E-state index contributed by atoms with van der Waals surface area (Å²) in [6, 6.07) is 4.99. The number of halogens is 3. The van der Waals surface area contributed by atoms with Crippen molar-refractivity contribution in [2.75, 3.05) is 19.7 Å². The van der Waals surface area contributed by atoms with E-state index in [1.165, 1.54) is 12.1 Å². The maximum atomic E-state index is 13.1. The Labute approximate surface area is 122 Å². The molecule has 2 atom stereocenters. The molecule has 0 bridgehead atoms. The first-order valence-electron chi connectivity index (χ1n) is 7.08. The van der Waals surface area contributed by atoms with Gasteiger partial charge in [0.15, 0.2) is 0 Å². The average molecular weight is 302 g/mol. The number of rotatable bonds is 3. The van der Waals surface area contributed by atoms with Gasteiger partial charge in [0, 0.05) is 19.1 Å². The van der Waals surface area contributed by atoms with E-state index < -0.39 is 23.9 Å². The Morgan fingerprint density at radius 1 is 1.29 bits per heavy atom. The summed E-state index contributed by atoms with van der Waals surface area (Å²) in [5.41, 5.74) is 5.50. The number of nitrogens with two attached hydrogens (primary N) is 1. The van der Waals surface area contributed by atoms with Gasteiger partial charge in [0.1, 0.15) is 0 Å². The molecule has 6 heteroatoms. The van der Waals surface area contributed by atoms with Crippen molar-refractivity contribution in [3.05, 3.63) is 35.4 Å². The molecule has 21 heavy (non-hydrogen) atoms. The average Bonchev–Trinajstić information content (AvgIpc) is 2.45. The highest BCUT2D eigenvalue weighted by molar-refractivity contribution is 5.33. The Morgan fingerprint density at radius 3 is 2.57 bits per heavy atom. The minimum absolute atomic E-state index is 0.0978. The lowest BCUT2D eigenvalue weighted by molar-refractivity contribution is -0.139. The second-order valence-electron chi connectivity index (χ2n) is 5.61. The lowest BCUT2D eigenvalue weighted by Gasteiger charge is -2.38. The van der Waals surface area contributed by atoms with Gasteiger partial charge in [-0.3, -0.25) is 4.90 Å². The van der Waals surface area contributed by atoms with Gasteiger partial charge in [-0.05, 0) is 25.5 Å². The van der Waals surface area contributed by atoms with Gasteiger partial charge in [-0.15, -0.1) is 0 Å². The van der Waals surface area contributed by atoms with Crippen molar-refractivity contribution < 1.29 is 17.9 Å². The summed E-state index contributed by atoms with van der Waals surface area (Å²) < 4.78 is 44.8. The molecule has 0 aliphatic carbocycles. The molecule has 2 unspecified atom stereocenters. The SMILES string of the molecule is CC(C)N1CCOC(C(N)c2ccccc2C(F)(F)F)C1.